The van der Waals surface area contributed by atoms with Gasteiger partial charge < -0.3 is 9.64 Å². The van der Waals surface area contributed by atoms with E-state index in [4.69, 9.17) is 4.74 Å². The van der Waals surface area contributed by atoms with Crippen molar-refractivity contribution in [3.05, 3.63) is 92.9 Å². The summed E-state index contributed by atoms with van der Waals surface area (Å²) in [6.45, 7) is 3.36. The number of H-pyrrole nitrogens is 1. The van der Waals surface area contributed by atoms with Crippen LogP contribution in [0.3, 0.4) is 0 Å². The maximum absolute atomic E-state index is 14.5. The quantitative estimate of drug-likeness (QED) is 0.597. The van der Waals surface area contributed by atoms with Crippen molar-refractivity contribution in [2.75, 3.05) is 13.1 Å². The summed E-state index contributed by atoms with van der Waals surface area (Å²) >= 11 is 0. The third-order valence-corrected chi connectivity index (χ3v) is 5.88. The number of nitrogens with zero attached hydrogens (tertiary/aromatic N) is 3. The fourth-order valence-corrected chi connectivity index (χ4v) is 3.98. The van der Waals surface area contributed by atoms with E-state index in [1.807, 2.05) is 25.1 Å². The van der Waals surface area contributed by atoms with Crippen LogP contribution in [-0.2, 0) is 24.2 Å². The number of amides is 1. The molecule has 1 aliphatic rings. The Morgan fingerprint density at radius 3 is 2.73 bits per heavy atom. The zero-order valence-electron chi connectivity index (χ0n) is 18.6. The largest absolute Gasteiger partial charge is 0.372 e. The van der Waals surface area contributed by atoms with E-state index in [9.17, 15) is 14.0 Å². The zero-order valence-corrected chi connectivity index (χ0v) is 18.6. The van der Waals surface area contributed by atoms with Gasteiger partial charge in [0.2, 0.25) is 0 Å². The molecule has 0 saturated carbocycles. The Labute approximate surface area is 191 Å². The molecule has 1 amide bonds. The van der Waals surface area contributed by atoms with Crippen LogP contribution in [0.15, 0.2) is 53.5 Å². The maximum atomic E-state index is 14.5. The Morgan fingerprint density at radius 2 is 2.00 bits per heavy atom. The molecular weight excluding hydrogens is 423 g/mol. The molecule has 8 heteroatoms. The van der Waals surface area contributed by atoms with Gasteiger partial charge in [-0.15, -0.1) is 0 Å². The van der Waals surface area contributed by atoms with Gasteiger partial charge >= 0.3 is 0 Å². The first-order valence-corrected chi connectivity index (χ1v) is 11.2. The van der Waals surface area contributed by atoms with E-state index in [2.05, 4.69) is 15.2 Å². The summed E-state index contributed by atoms with van der Waals surface area (Å²) in [5.41, 5.74) is 2.80. The first-order valence-electron chi connectivity index (χ1n) is 11.2. The van der Waals surface area contributed by atoms with E-state index < -0.39 is 5.82 Å². The average Bonchev–Trinajstić information content (AvgIpc) is 2.85. The summed E-state index contributed by atoms with van der Waals surface area (Å²) in [4.78, 5) is 30.7. The Morgan fingerprint density at radius 1 is 1.18 bits per heavy atom. The van der Waals surface area contributed by atoms with Crippen molar-refractivity contribution in [1.29, 1.82) is 0 Å². The molecule has 0 unspecified atom stereocenters. The molecular formula is C25H27FN4O3. The average molecular weight is 451 g/mol. The van der Waals surface area contributed by atoms with E-state index in [1.54, 1.807) is 29.3 Å². The van der Waals surface area contributed by atoms with Crippen molar-refractivity contribution in [2.45, 2.75) is 45.3 Å². The van der Waals surface area contributed by atoms with Crippen LogP contribution in [0.25, 0.3) is 0 Å². The maximum Gasteiger partial charge on any atom is 0.267 e. The van der Waals surface area contributed by atoms with E-state index in [1.165, 1.54) is 6.07 Å². The van der Waals surface area contributed by atoms with Gasteiger partial charge in [-0.05, 0) is 55.2 Å². The number of aromatic amines is 1. The molecule has 7 nitrogen and oxygen atoms in total. The number of pyridine rings is 1. The Kier molecular flexibility index (Phi) is 7.24. The third kappa shape index (κ3) is 5.70. The summed E-state index contributed by atoms with van der Waals surface area (Å²) in [7, 11) is 0. The number of halogens is 1. The molecule has 0 aliphatic carbocycles. The molecule has 0 bridgehead atoms. The van der Waals surface area contributed by atoms with Crippen molar-refractivity contribution >= 4 is 5.91 Å². The SMILES string of the molecule is CCc1cc(Cc2ccc(F)c(C(=O)N3CCC(OCc4ccccn4)CC3)c2)n[nH]c1=O. The number of piperidine rings is 1. The predicted octanol–water partition coefficient (Wildman–Crippen LogP) is 3.28. The fourth-order valence-electron chi connectivity index (χ4n) is 3.98. The minimum Gasteiger partial charge on any atom is -0.372 e. The molecule has 172 valence electrons. The van der Waals surface area contributed by atoms with Gasteiger partial charge in [-0.1, -0.05) is 19.1 Å². The van der Waals surface area contributed by atoms with Crippen molar-refractivity contribution in [2.24, 2.45) is 0 Å². The van der Waals surface area contributed by atoms with Crippen LogP contribution in [0.1, 0.15) is 52.6 Å². The number of ether oxygens (including phenoxy) is 1. The molecule has 2 aromatic heterocycles. The van der Waals surface area contributed by atoms with Crippen molar-refractivity contribution in [3.63, 3.8) is 0 Å². The Bertz CT molecular complexity index is 1160. The summed E-state index contributed by atoms with van der Waals surface area (Å²) in [6.07, 6.45) is 4.17. The number of nitrogens with one attached hydrogen (secondary N) is 1. The third-order valence-electron chi connectivity index (χ3n) is 5.88. The number of hydrogen-bond donors (Lipinski definition) is 1. The van der Waals surface area contributed by atoms with Gasteiger partial charge in [0.15, 0.2) is 0 Å². The molecule has 1 N–H and O–H groups in total. The van der Waals surface area contributed by atoms with Crippen LogP contribution in [0.5, 0.6) is 0 Å². The van der Waals surface area contributed by atoms with Gasteiger partial charge in [0, 0.05) is 31.3 Å². The van der Waals surface area contributed by atoms with Crippen LogP contribution >= 0.6 is 0 Å². The number of rotatable bonds is 7. The second-order valence-corrected chi connectivity index (χ2v) is 8.18. The lowest BCUT2D eigenvalue weighted by atomic mass is 10.0. The van der Waals surface area contributed by atoms with E-state index in [-0.39, 0.29) is 23.1 Å². The predicted molar refractivity (Wildman–Crippen MR) is 121 cm³/mol. The summed E-state index contributed by atoms with van der Waals surface area (Å²) < 4.78 is 20.5. The number of aryl methyl sites for hydroxylation is 1. The molecule has 1 aliphatic heterocycles. The van der Waals surface area contributed by atoms with Crippen molar-refractivity contribution in [3.8, 4) is 0 Å². The van der Waals surface area contributed by atoms with Gasteiger partial charge in [-0.2, -0.15) is 5.10 Å². The second kappa shape index (κ2) is 10.5. The number of carbonyl (C=O) groups is 1. The van der Waals surface area contributed by atoms with Gasteiger partial charge in [0.25, 0.3) is 11.5 Å². The van der Waals surface area contributed by atoms with Gasteiger partial charge in [0.05, 0.1) is 29.7 Å². The normalized spacial score (nSPS) is 14.4. The van der Waals surface area contributed by atoms with Crippen molar-refractivity contribution < 1.29 is 13.9 Å². The van der Waals surface area contributed by atoms with E-state index in [0.29, 0.717) is 56.6 Å². The smallest absolute Gasteiger partial charge is 0.267 e. The van der Waals surface area contributed by atoms with Crippen LogP contribution in [-0.4, -0.2) is 45.2 Å². The van der Waals surface area contributed by atoms with Gasteiger partial charge in [-0.3, -0.25) is 14.6 Å². The highest BCUT2D eigenvalue weighted by molar-refractivity contribution is 5.94. The minimum absolute atomic E-state index is 0.0475. The van der Waals surface area contributed by atoms with Gasteiger partial charge in [0.1, 0.15) is 5.82 Å². The molecule has 1 saturated heterocycles. The molecule has 3 heterocycles. The highest BCUT2D eigenvalue weighted by atomic mass is 19.1. The van der Waals surface area contributed by atoms with Crippen LogP contribution in [0.2, 0.25) is 0 Å². The molecule has 3 aromatic rings. The number of carbonyl (C=O) groups excluding carboxylic acids is 1. The monoisotopic (exact) mass is 450 g/mol. The summed E-state index contributed by atoms with van der Waals surface area (Å²) in [5, 5.41) is 6.57. The molecule has 0 spiro atoms. The Balaban J connectivity index is 1.37. The Hall–Kier alpha value is -3.39. The highest BCUT2D eigenvalue weighted by Crippen LogP contribution is 2.20. The number of likely N-dealkylation sites (tertiary alicyclic amines) is 1. The van der Waals surface area contributed by atoms with Crippen LogP contribution < -0.4 is 5.56 Å². The molecule has 0 radical (unpaired) electrons. The fraction of sp³-hybridized carbons (Fsp3) is 0.360. The first kappa shape index (κ1) is 22.8. The molecule has 1 fully saturated rings. The lowest BCUT2D eigenvalue weighted by Crippen LogP contribution is -2.41. The standard InChI is InChI=1S/C25H27FN4O3/c1-2-18-15-20(28-29-24(18)31)13-17-6-7-23(26)22(14-17)25(32)30-11-8-21(9-12-30)33-16-19-5-3-4-10-27-19/h3-7,10,14-15,21H,2,8-9,11-13,16H2,1H3,(H,29,31). The lowest BCUT2D eigenvalue weighted by molar-refractivity contribution is -0.00169. The highest BCUT2D eigenvalue weighted by Gasteiger charge is 2.26. The van der Waals surface area contributed by atoms with Crippen molar-refractivity contribution in [1.82, 2.24) is 20.1 Å². The van der Waals surface area contributed by atoms with Crippen LogP contribution in [0, 0.1) is 5.82 Å². The first-order chi connectivity index (χ1) is 16.0. The molecule has 1 aromatic carbocycles. The summed E-state index contributed by atoms with van der Waals surface area (Å²) in [5.74, 6) is -0.859. The minimum atomic E-state index is -0.541. The summed E-state index contributed by atoms with van der Waals surface area (Å²) in [6, 6.07) is 12.0. The van der Waals surface area contributed by atoms with E-state index >= 15 is 0 Å². The van der Waals surface area contributed by atoms with Crippen LogP contribution in [0.4, 0.5) is 4.39 Å². The van der Waals surface area contributed by atoms with Gasteiger partial charge in [-0.25, -0.2) is 9.49 Å². The topological polar surface area (TPSA) is 88.2 Å². The number of benzene rings is 1. The molecule has 4 rings (SSSR count). The lowest BCUT2D eigenvalue weighted by Gasteiger charge is -2.32. The zero-order chi connectivity index (χ0) is 23.2. The van der Waals surface area contributed by atoms with E-state index in [0.717, 1.165) is 11.3 Å². The molecule has 0 atom stereocenters. The number of aromatic nitrogens is 3. The second-order valence-electron chi connectivity index (χ2n) is 8.18. The molecule has 33 heavy (non-hydrogen) atoms. The number of hydrogen-bond acceptors (Lipinski definition) is 5.